The van der Waals surface area contributed by atoms with Crippen LogP contribution >= 0.6 is 11.3 Å². The Kier molecular flexibility index (Phi) is 4.82. The van der Waals surface area contributed by atoms with Gasteiger partial charge in [0.1, 0.15) is 5.82 Å². The van der Waals surface area contributed by atoms with Gasteiger partial charge in [0.25, 0.3) is 0 Å². The molecule has 0 aliphatic carbocycles. The van der Waals surface area contributed by atoms with Gasteiger partial charge < -0.3 is 5.32 Å². The number of amides is 1. The van der Waals surface area contributed by atoms with Crippen molar-refractivity contribution in [1.82, 2.24) is 14.7 Å². The van der Waals surface area contributed by atoms with Crippen molar-refractivity contribution in [1.29, 1.82) is 0 Å². The maximum absolute atomic E-state index is 12.7. The molecule has 2 atom stereocenters. The second-order valence-corrected chi connectivity index (χ2v) is 7.15. The van der Waals surface area contributed by atoms with Gasteiger partial charge in [-0.3, -0.25) is 9.69 Å². The van der Waals surface area contributed by atoms with Crippen molar-refractivity contribution >= 4 is 23.1 Å². The largest absolute Gasteiger partial charge is 0.310 e. The lowest BCUT2D eigenvalue weighted by molar-refractivity contribution is -0.121. The number of rotatable bonds is 5. The average Bonchev–Trinajstić information content (AvgIpc) is 3.26. The Labute approximate surface area is 141 Å². The molecule has 2 aromatic rings. The van der Waals surface area contributed by atoms with Gasteiger partial charge in [0.05, 0.1) is 12.2 Å². The first kappa shape index (κ1) is 16.2. The smallest absolute Gasteiger partial charge is 0.242 e. The summed E-state index contributed by atoms with van der Waals surface area (Å²) < 4.78 is 1.84. The number of likely N-dealkylation sites (tertiary alicyclic amines) is 1. The van der Waals surface area contributed by atoms with Crippen LogP contribution in [0.15, 0.2) is 29.1 Å². The van der Waals surface area contributed by atoms with Crippen LogP contribution in [0.5, 0.6) is 0 Å². The molecule has 1 fully saturated rings. The van der Waals surface area contributed by atoms with Gasteiger partial charge in [-0.25, -0.2) is 4.68 Å². The van der Waals surface area contributed by atoms with Gasteiger partial charge in [0.15, 0.2) is 0 Å². The molecule has 1 aliphatic rings. The summed E-state index contributed by atoms with van der Waals surface area (Å²) in [5.74, 6) is 0.803. The fourth-order valence-electron chi connectivity index (χ4n) is 3.28. The highest BCUT2D eigenvalue weighted by Crippen LogP contribution is 2.34. The second-order valence-electron chi connectivity index (χ2n) is 6.37. The summed E-state index contributed by atoms with van der Waals surface area (Å²) in [6, 6.07) is 4.45. The number of anilines is 1. The summed E-state index contributed by atoms with van der Waals surface area (Å²) in [4.78, 5) is 15.0. The van der Waals surface area contributed by atoms with Crippen LogP contribution in [0.4, 0.5) is 5.82 Å². The highest BCUT2D eigenvalue weighted by atomic mass is 32.1. The molecule has 0 aromatic carbocycles. The first-order chi connectivity index (χ1) is 11.1. The minimum Gasteiger partial charge on any atom is -0.310 e. The van der Waals surface area contributed by atoms with Gasteiger partial charge in [-0.2, -0.15) is 16.4 Å². The monoisotopic (exact) mass is 332 g/mol. The molecule has 1 saturated heterocycles. The SMILES string of the molecule is CC(C)n1nccc1NC(=O)[C@H](C)N1CCC[C@H]1c1ccsc1. The van der Waals surface area contributed by atoms with Crippen molar-refractivity contribution in [3.8, 4) is 0 Å². The summed E-state index contributed by atoms with van der Waals surface area (Å²) in [5.41, 5.74) is 1.33. The Morgan fingerprint density at radius 3 is 2.91 bits per heavy atom. The second kappa shape index (κ2) is 6.84. The minimum atomic E-state index is -0.155. The van der Waals surface area contributed by atoms with E-state index in [1.165, 1.54) is 5.56 Å². The molecule has 0 unspecified atom stereocenters. The molecule has 2 aromatic heterocycles. The summed E-state index contributed by atoms with van der Waals surface area (Å²) in [6.45, 7) is 7.08. The normalized spacial score (nSPS) is 20.1. The standard InChI is InChI=1S/C17H24N4OS/c1-12(2)21-16(6-8-18-21)19-17(22)13(3)20-9-4-5-15(20)14-7-10-23-11-14/h6-8,10-13,15H,4-5,9H2,1-3H3,(H,19,22)/t13-,15-/m0/s1. The molecule has 3 rings (SSSR count). The van der Waals surface area contributed by atoms with Crippen LogP contribution in [-0.2, 0) is 4.79 Å². The van der Waals surface area contributed by atoms with Gasteiger partial charge in [0.2, 0.25) is 5.91 Å². The summed E-state index contributed by atoms with van der Waals surface area (Å²) in [7, 11) is 0. The van der Waals surface area contributed by atoms with Gasteiger partial charge >= 0.3 is 0 Å². The van der Waals surface area contributed by atoms with Crippen LogP contribution in [-0.4, -0.2) is 33.2 Å². The highest BCUT2D eigenvalue weighted by molar-refractivity contribution is 7.07. The van der Waals surface area contributed by atoms with Gasteiger partial charge in [-0.05, 0) is 62.5 Å². The number of aromatic nitrogens is 2. The number of hydrogen-bond acceptors (Lipinski definition) is 4. The molecule has 0 radical (unpaired) electrons. The van der Waals surface area contributed by atoms with Gasteiger partial charge in [-0.1, -0.05) is 0 Å². The third-order valence-corrected chi connectivity index (χ3v) is 5.21. The van der Waals surface area contributed by atoms with E-state index in [0.717, 1.165) is 25.2 Å². The molecule has 0 bridgehead atoms. The van der Waals surface area contributed by atoms with Crippen molar-refractivity contribution in [2.24, 2.45) is 0 Å². The lowest BCUT2D eigenvalue weighted by Crippen LogP contribution is -2.41. The maximum Gasteiger partial charge on any atom is 0.242 e. The number of hydrogen-bond donors (Lipinski definition) is 1. The van der Waals surface area contributed by atoms with Gasteiger partial charge in [0, 0.05) is 18.2 Å². The Balaban J connectivity index is 1.70. The quantitative estimate of drug-likeness (QED) is 0.908. The molecule has 0 saturated carbocycles. The molecule has 1 N–H and O–H groups in total. The van der Waals surface area contributed by atoms with Crippen LogP contribution in [0.25, 0.3) is 0 Å². The van der Waals surface area contributed by atoms with E-state index >= 15 is 0 Å². The molecule has 1 aliphatic heterocycles. The molecule has 124 valence electrons. The third kappa shape index (κ3) is 3.33. The van der Waals surface area contributed by atoms with Gasteiger partial charge in [-0.15, -0.1) is 0 Å². The molecule has 23 heavy (non-hydrogen) atoms. The van der Waals surface area contributed by atoms with E-state index in [4.69, 9.17) is 0 Å². The summed E-state index contributed by atoms with van der Waals surface area (Å²) >= 11 is 1.72. The first-order valence-electron chi connectivity index (χ1n) is 8.20. The maximum atomic E-state index is 12.7. The Morgan fingerprint density at radius 1 is 1.39 bits per heavy atom. The Bertz CT molecular complexity index is 649. The van der Waals surface area contributed by atoms with E-state index < -0.39 is 0 Å². The zero-order chi connectivity index (χ0) is 16.4. The number of carbonyl (C=O) groups excluding carboxylic acids is 1. The van der Waals surface area contributed by atoms with Crippen LogP contribution in [0.1, 0.15) is 51.3 Å². The Hall–Kier alpha value is -1.66. The Morgan fingerprint density at radius 2 is 2.22 bits per heavy atom. The molecule has 5 nitrogen and oxygen atoms in total. The van der Waals surface area contributed by atoms with E-state index in [1.807, 2.05) is 17.7 Å². The zero-order valence-corrected chi connectivity index (χ0v) is 14.7. The molecule has 6 heteroatoms. The topological polar surface area (TPSA) is 50.2 Å². The van der Waals surface area contributed by atoms with E-state index in [2.05, 4.69) is 46.0 Å². The molecular weight excluding hydrogens is 308 g/mol. The molecule has 3 heterocycles. The van der Waals surface area contributed by atoms with Crippen LogP contribution < -0.4 is 5.32 Å². The van der Waals surface area contributed by atoms with Crippen molar-refractivity contribution in [3.63, 3.8) is 0 Å². The zero-order valence-electron chi connectivity index (χ0n) is 13.9. The number of thiophene rings is 1. The van der Waals surface area contributed by atoms with Crippen LogP contribution in [0.3, 0.4) is 0 Å². The lowest BCUT2D eigenvalue weighted by atomic mass is 10.1. The van der Waals surface area contributed by atoms with E-state index in [9.17, 15) is 4.79 Å². The van der Waals surface area contributed by atoms with Crippen molar-refractivity contribution in [3.05, 3.63) is 34.7 Å². The van der Waals surface area contributed by atoms with Crippen LogP contribution in [0.2, 0.25) is 0 Å². The average molecular weight is 332 g/mol. The number of carbonyl (C=O) groups is 1. The summed E-state index contributed by atoms with van der Waals surface area (Å²) in [5, 5.41) is 11.6. The predicted molar refractivity (Wildman–Crippen MR) is 93.7 cm³/mol. The third-order valence-electron chi connectivity index (χ3n) is 4.51. The molecular formula is C17H24N4OS. The minimum absolute atomic E-state index is 0.0366. The highest BCUT2D eigenvalue weighted by Gasteiger charge is 2.33. The number of nitrogens with zero attached hydrogens (tertiary/aromatic N) is 3. The summed E-state index contributed by atoms with van der Waals surface area (Å²) in [6.07, 6.45) is 3.99. The van der Waals surface area contributed by atoms with Crippen molar-refractivity contribution < 1.29 is 4.79 Å². The van der Waals surface area contributed by atoms with Crippen molar-refractivity contribution in [2.75, 3.05) is 11.9 Å². The predicted octanol–water partition coefficient (Wildman–Crippen LogP) is 3.69. The van der Waals surface area contributed by atoms with E-state index in [1.54, 1.807) is 17.5 Å². The number of nitrogens with one attached hydrogen (secondary N) is 1. The fourth-order valence-corrected chi connectivity index (χ4v) is 3.99. The van der Waals surface area contributed by atoms with Crippen molar-refractivity contribution in [2.45, 2.75) is 51.7 Å². The van der Waals surface area contributed by atoms with E-state index in [-0.39, 0.29) is 18.0 Å². The van der Waals surface area contributed by atoms with E-state index in [0.29, 0.717) is 6.04 Å². The fraction of sp³-hybridized carbons (Fsp3) is 0.529. The lowest BCUT2D eigenvalue weighted by Gasteiger charge is -2.29. The first-order valence-corrected chi connectivity index (χ1v) is 9.14. The molecule has 0 spiro atoms. The van der Waals surface area contributed by atoms with Crippen LogP contribution in [0, 0.1) is 0 Å². The molecule has 1 amide bonds.